The topological polar surface area (TPSA) is 50.7 Å². The summed E-state index contributed by atoms with van der Waals surface area (Å²) in [5.74, 6) is -0.422. The number of hydrogen-bond donors (Lipinski definition) is 1. The predicted molar refractivity (Wildman–Crippen MR) is 48.0 cm³/mol. The van der Waals surface area contributed by atoms with Gasteiger partial charge < -0.3 is 10.2 Å². The van der Waals surface area contributed by atoms with E-state index < -0.39 is 5.97 Å². The third kappa shape index (κ3) is 7.05. The van der Waals surface area contributed by atoms with Gasteiger partial charge in [-0.25, -0.2) is 4.79 Å². The van der Waals surface area contributed by atoms with Gasteiger partial charge in [0, 0.05) is 5.54 Å². The van der Waals surface area contributed by atoms with Crippen LogP contribution in [0.3, 0.4) is 0 Å². The molecule has 0 bridgehead atoms. The minimum Gasteiger partial charge on any atom is -0.462 e. The van der Waals surface area contributed by atoms with Gasteiger partial charge in [0.2, 0.25) is 0 Å². The molecule has 0 aliphatic rings. The highest BCUT2D eigenvalue weighted by Gasteiger charge is 2.06. The van der Waals surface area contributed by atoms with Gasteiger partial charge in [0.1, 0.15) is 6.21 Å². The van der Waals surface area contributed by atoms with Crippen molar-refractivity contribution in [1.29, 1.82) is 0 Å². The van der Waals surface area contributed by atoms with E-state index in [-0.39, 0.29) is 5.54 Å². The van der Waals surface area contributed by atoms with E-state index in [4.69, 9.17) is 0 Å². The summed E-state index contributed by atoms with van der Waals surface area (Å²) >= 11 is 0. The minimum atomic E-state index is -0.422. The Morgan fingerprint density at radius 2 is 2.17 bits per heavy atom. The van der Waals surface area contributed by atoms with E-state index in [1.165, 1.54) is 0 Å². The Hall–Kier alpha value is -1.06. The lowest BCUT2D eigenvalue weighted by Gasteiger charge is -2.16. The number of ether oxygens (including phenoxy) is 1. The molecule has 0 aliphatic carbocycles. The SMILES string of the molecule is CCOC(=O)/C=N\NC(C)(C)C. The molecule has 0 aromatic carbocycles. The summed E-state index contributed by atoms with van der Waals surface area (Å²) < 4.78 is 4.63. The fourth-order valence-corrected chi connectivity index (χ4v) is 0.458. The third-order valence-electron chi connectivity index (χ3n) is 0.857. The van der Waals surface area contributed by atoms with E-state index in [9.17, 15) is 4.79 Å². The van der Waals surface area contributed by atoms with Crippen LogP contribution in [0.5, 0.6) is 0 Å². The standard InChI is InChI=1S/C8H16N2O2/c1-5-12-7(11)6-9-10-8(2,3)4/h6,10H,5H2,1-4H3/b9-6-. The molecule has 12 heavy (non-hydrogen) atoms. The lowest BCUT2D eigenvalue weighted by molar-refractivity contribution is -0.134. The summed E-state index contributed by atoms with van der Waals surface area (Å²) in [6.07, 6.45) is 1.13. The van der Waals surface area contributed by atoms with Crippen molar-refractivity contribution in [2.24, 2.45) is 5.10 Å². The van der Waals surface area contributed by atoms with Gasteiger partial charge in [-0.05, 0) is 27.7 Å². The van der Waals surface area contributed by atoms with E-state index in [0.29, 0.717) is 6.61 Å². The number of carbonyl (C=O) groups is 1. The van der Waals surface area contributed by atoms with E-state index in [2.05, 4.69) is 15.3 Å². The molecule has 0 unspecified atom stereocenters. The molecule has 0 rings (SSSR count). The Morgan fingerprint density at radius 1 is 1.58 bits per heavy atom. The number of nitrogens with zero attached hydrogens (tertiary/aromatic N) is 1. The largest absolute Gasteiger partial charge is 0.462 e. The second-order valence-corrected chi connectivity index (χ2v) is 3.37. The second kappa shape index (κ2) is 4.74. The smallest absolute Gasteiger partial charge is 0.351 e. The Balaban J connectivity index is 3.69. The zero-order valence-corrected chi connectivity index (χ0v) is 8.05. The molecule has 0 aromatic heterocycles. The average Bonchev–Trinajstić information content (AvgIpc) is 1.84. The Morgan fingerprint density at radius 3 is 2.58 bits per heavy atom. The van der Waals surface area contributed by atoms with Crippen LogP contribution in [-0.4, -0.2) is 24.3 Å². The third-order valence-corrected chi connectivity index (χ3v) is 0.857. The van der Waals surface area contributed by atoms with Crippen molar-refractivity contribution in [3.8, 4) is 0 Å². The van der Waals surface area contributed by atoms with Crippen LogP contribution in [-0.2, 0) is 9.53 Å². The van der Waals surface area contributed by atoms with E-state index >= 15 is 0 Å². The highest BCUT2D eigenvalue weighted by Crippen LogP contribution is 1.96. The molecule has 0 aliphatic heterocycles. The van der Waals surface area contributed by atoms with Gasteiger partial charge in [0.25, 0.3) is 0 Å². The van der Waals surface area contributed by atoms with Crippen LogP contribution in [0.1, 0.15) is 27.7 Å². The van der Waals surface area contributed by atoms with Crippen molar-refractivity contribution >= 4 is 12.2 Å². The van der Waals surface area contributed by atoms with Gasteiger partial charge in [-0.2, -0.15) is 5.10 Å². The predicted octanol–water partition coefficient (Wildman–Crippen LogP) is 0.923. The molecule has 0 aromatic rings. The number of rotatable bonds is 3. The highest BCUT2D eigenvalue weighted by molar-refractivity contribution is 6.23. The maximum Gasteiger partial charge on any atom is 0.351 e. The fraction of sp³-hybridized carbons (Fsp3) is 0.750. The van der Waals surface area contributed by atoms with Crippen molar-refractivity contribution in [3.05, 3.63) is 0 Å². The first-order chi connectivity index (χ1) is 5.45. The molecule has 70 valence electrons. The summed E-state index contributed by atoms with van der Waals surface area (Å²) in [6, 6.07) is 0. The van der Waals surface area contributed by atoms with Gasteiger partial charge in [0.05, 0.1) is 6.61 Å². The fourth-order valence-electron chi connectivity index (χ4n) is 0.458. The average molecular weight is 172 g/mol. The van der Waals surface area contributed by atoms with Gasteiger partial charge in [0.15, 0.2) is 0 Å². The summed E-state index contributed by atoms with van der Waals surface area (Å²) in [5.41, 5.74) is 2.66. The molecular formula is C8H16N2O2. The van der Waals surface area contributed by atoms with Crippen molar-refractivity contribution in [2.75, 3.05) is 6.61 Å². The first kappa shape index (κ1) is 10.9. The maximum absolute atomic E-state index is 10.7. The molecule has 0 heterocycles. The van der Waals surface area contributed by atoms with Crippen LogP contribution in [0.25, 0.3) is 0 Å². The number of hydrogen-bond acceptors (Lipinski definition) is 4. The number of hydrazone groups is 1. The van der Waals surface area contributed by atoms with Crippen molar-refractivity contribution in [1.82, 2.24) is 5.43 Å². The molecule has 0 saturated carbocycles. The van der Waals surface area contributed by atoms with Gasteiger partial charge in [-0.3, -0.25) is 0 Å². The van der Waals surface area contributed by atoms with Crippen LogP contribution >= 0.6 is 0 Å². The first-order valence-corrected chi connectivity index (χ1v) is 3.92. The number of nitrogens with one attached hydrogen (secondary N) is 1. The quantitative estimate of drug-likeness (QED) is 0.391. The lowest BCUT2D eigenvalue weighted by atomic mass is 10.1. The molecule has 0 atom stereocenters. The summed E-state index contributed by atoms with van der Waals surface area (Å²) in [7, 11) is 0. The Bertz CT molecular complexity index is 170. The molecule has 0 spiro atoms. The van der Waals surface area contributed by atoms with Crippen molar-refractivity contribution < 1.29 is 9.53 Å². The normalized spacial score (nSPS) is 11.7. The van der Waals surface area contributed by atoms with Crippen LogP contribution in [0.2, 0.25) is 0 Å². The second-order valence-electron chi connectivity index (χ2n) is 3.37. The van der Waals surface area contributed by atoms with Crippen molar-refractivity contribution in [2.45, 2.75) is 33.2 Å². The lowest BCUT2D eigenvalue weighted by Crippen LogP contribution is -2.31. The Labute approximate surface area is 73.0 Å². The zero-order valence-electron chi connectivity index (χ0n) is 8.05. The van der Waals surface area contributed by atoms with Crippen LogP contribution < -0.4 is 5.43 Å². The molecule has 0 amide bonds. The zero-order chi connectivity index (χ0) is 9.61. The summed E-state index contributed by atoms with van der Waals surface area (Å²) in [5, 5.41) is 3.71. The molecule has 0 saturated heterocycles. The maximum atomic E-state index is 10.7. The van der Waals surface area contributed by atoms with E-state index in [0.717, 1.165) is 6.21 Å². The molecular weight excluding hydrogens is 156 g/mol. The first-order valence-electron chi connectivity index (χ1n) is 3.92. The minimum absolute atomic E-state index is 0.122. The van der Waals surface area contributed by atoms with Gasteiger partial charge in [-0.1, -0.05) is 0 Å². The molecule has 4 nitrogen and oxygen atoms in total. The van der Waals surface area contributed by atoms with Crippen molar-refractivity contribution in [3.63, 3.8) is 0 Å². The van der Waals surface area contributed by atoms with Gasteiger partial charge >= 0.3 is 5.97 Å². The molecule has 0 fully saturated rings. The molecule has 0 radical (unpaired) electrons. The van der Waals surface area contributed by atoms with Gasteiger partial charge in [-0.15, -0.1) is 0 Å². The Kier molecular flexibility index (Phi) is 4.33. The summed E-state index contributed by atoms with van der Waals surface area (Å²) in [4.78, 5) is 10.7. The van der Waals surface area contributed by atoms with E-state index in [1.54, 1.807) is 6.92 Å². The number of esters is 1. The summed E-state index contributed by atoms with van der Waals surface area (Å²) in [6.45, 7) is 7.99. The van der Waals surface area contributed by atoms with Crippen LogP contribution in [0, 0.1) is 0 Å². The highest BCUT2D eigenvalue weighted by atomic mass is 16.5. The van der Waals surface area contributed by atoms with Crippen LogP contribution in [0.4, 0.5) is 0 Å². The molecule has 1 N–H and O–H groups in total. The van der Waals surface area contributed by atoms with Crippen LogP contribution in [0.15, 0.2) is 5.10 Å². The number of carbonyl (C=O) groups excluding carboxylic acids is 1. The molecule has 4 heteroatoms. The monoisotopic (exact) mass is 172 g/mol. The van der Waals surface area contributed by atoms with E-state index in [1.807, 2.05) is 20.8 Å².